The number of rotatable bonds is 1. The molecule has 14 heavy (non-hydrogen) atoms. The third kappa shape index (κ3) is 1.73. The smallest absolute Gasteiger partial charge is 0.0637 e. The molecule has 0 radical (unpaired) electrons. The SMILES string of the molecule is Cc1cccnc1C1C=CC=CC1Cl. The van der Waals surface area contributed by atoms with E-state index >= 15 is 0 Å². The third-order valence-corrected chi connectivity index (χ3v) is 2.85. The zero-order valence-electron chi connectivity index (χ0n) is 8.02. The lowest BCUT2D eigenvalue weighted by molar-refractivity contribution is 0.812. The Kier molecular flexibility index (Phi) is 2.69. The summed E-state index contributed by atoms with van der Waals surface area (Å²) >= 11 is 6.21. The largest absolute Gasteiger partial charge is 0.260 e. The second kappa shape index (κ2) is 3.97. The van der Waals surface area contributed by atoms with Crippen LogP contribution in [-0.4, -0.2) is 10.4 Å². The van der Waals surface area contributed by atoms with Gasteiger partial charge in [0.25, 0.3) is 0 Å². The molecule has 2 heteroatoms. The molecule has 1 aliphatic carbocycles. The third-order valence-electron chi connectivity index (χ3n) is 2.43. The van der Waals surface area contributed by atoms with E-state index in [4.69, 9.17) is 11.6 Å². The Labute approximate surface area is 89.1 Å². The van der Waals surface area contributed by atoms with E-state index in [-0.39, 0.29) is 11.3 Å². The topological polar surface area (TPSA) is 12.9 Å². The summed E-state index contributed by atoms with van der Waals surface area (Å²) in [7, 11) is 0. The first-order chi connectivity index (χ1) is 6.79. The molecule has 0 saturated heterocycles. The van der Waals surface area contributed by atoms with Crippen LogP contribution >= 0.6 is 11.6 Å². The molecule has 72 valence electrons. The highest BCUT2D eigenvalue weighted by Crippen LogP contribution is 2.29. The molecule has 2 unspecified atom stereocenters. The lowest BCUT2D eigenvalue weighted by Crippen LogP contribution is -2.13. The van der Waals surface area contributed by atoms with Gasteiger partial charge < -0.3 is 0 Å². The van der Waals surface area contributed by atoms with Crippen molar-refractivity contribution in [1.29, 1.82) is 0 Å². The average Bonchev–Trinajstić information content (AvgIpc) is 2.20. The van der Waals surface area contributed by atoms with Crippen LogP contribution < -0.4 is 0 Å². The zero-order valence-corrected chi connectivity index (χ0v) is 8.78. The Morgan fingerprint density at radius 1 is 1.29 bits per heavy atom. The minimum absolute atomic E-state index is 0.0219. The highest BCUT2D eigenvalue weighted by molar-refractivity contribution is 6.22. The van der Waals surface area contributed by atoms with Gasteiger partial charge in [0, 0.05) is 12.1 Å². The summed E-state index contributed by atoms with van der Waals surface area (Å²) in [5, 5.41) is 0.0219. The van der Waals surface area contributed by atoms with Gasteiger partial charge in [-0.25, -0.2) is 0 Å². The summed E-state index contributed by atoms with van der Waals surface area (Å²) in [6.45, 7) is 2.07. The van der Waals surface area contributed by atoms with Crippen molar-refractivity contribution in [2.75, 3.05) is 0 Å². The fourth-order valence-electron chi connectivity index (χ4n) is 1.67. The van der Waals surface area contributed by atoms with Crippen molar-refractivity contribution in [2.24, 2.45) is 0 Å². The van der Waals surface area contributed by atoms with Crippen LogP contribution in [0.25, 0.3) is 0 Å². The van der Waals surface area contributed by atoms with Gasteiger partial charge in [-0.05, 0) is 18.6 Å². The van der Waals surface area contributed by atoms with Gasteiger partial charge in [-0.3, -0.25) is 4.98 Å². The monoisotopic (exact) mass is 205 g/mol. The molecule has 0 N–H and O–H groups in total. The van der Waals surface area contributed by atoms with E-state index in [1.165, 1.54) is 5.56 Å². The van der Waals surface area contributed by atoms with E-state index in [9.17, 15) is 0 Å². The molecule has 1 heterocycles. The van der Waals surface area contributed by atoms with Crippen LogP contribution in [0.2, 0.25) is 0 Å². The van der Waals surface area contributed by atoms with Crippen LogP contribution in [0.15, 0.2) is 42.6 Å². The lowest BCUT2D eigenvalue weighted by atomic mass is 9.93. The quantitative estimate of drug-likeness (QED) is 0.642. The van der Waals surface area contributed by atoms with Gasteiger partial charge in [-0.1, -0.05) is 30.4 Å². The maximum atomic E-state index is 6.21. The van der Waals surface area contributed by atoms with Gasteiger partial charge in [0.1, 0.15) is 0 Å². The first-order valence-electron chi connectivity index (χ1n) is 4.69. The van der Waals surface area contributed by atoms with E-state index in [1.807, 2.05) is 30.5 Å². The highest BCUT2D eigenvalue weighted by Gasteiger charge is 2.20. The molecule has 1 aromatic heterocycles. The van der Waals surface area contributed by atoms with E-state index < -0.39 is 0 Å². The van der Waals surface area contributed by atoms with Crippen molar-refractivity contribution in [3.05, 3.63) is 53.9 Å². The number of pyridine rings is 1. The predicted octanol–water partition coefficient (Wildman–Crippen LogP) is 3.21. The van der Waals surface area contributed by atoms with E-state index in [1.54, 1.807) is 0 Å². The molecule has 0 bridgehead atoms. The molecule has 0 aliphatic heterocycles. The second-order valence-corrected chi connectivity index (χ2v) is 3.95. The Morgan fingerprint density at radius 3 is 2.79 bits per heavy atom. The molecule has 2 atom stereocenters. The molecule has 0 saturated carbocycles. The van der Waals surface area contributed by atoms with Gasteiger partial charge in [-0.15, -0.1) is 11.6 Å². The maximum absolute atomic E-state index is 6.21. The fourth-order valence-corrected chi connectivity index (χ4v) is 1.96. The number of hydrogen-bond donors (Lipinski definition) is 0. The number of nitrogens with zero attached hydrogens (tertiary/aromatic N) is 1. The van der Waals surface area contributed by atoms with Crippen molar-refractivity contribution in [3.8, 4) is 0 Å². The van der Waals surface area contributed by atoms with Gasteiger partial charge in [-0.2, -0.15) is 0 Å². The lowest BCUT2D eigenvalue weighted by Gasteiger charge is -2.19. The van der Waals surface area contributed by atoms with Crippen LogP contribution in [0.5, 0.6) is 0 Å². The molecule has 0 fully saturated rings. The van der Waals surface area contributed by atoms with Gasteiger partial charge in [0.05, 0.1) is 11.1 Å². The number of alkyl halides is 1. The van der Waals surface area contributed by atoms with Gasteiger partial charge >= 0.3 is 0 Å². The molecule has 1 aliphatic rings. The Morgan fingerprint density at radius 2 is 2.07 bits per heavy atom. The van der Waals surface area contributed by atoms with Gasteiger partial charge in [0.2, 0.25) is 0 Å². The summed E-state index contributed by atoms with van der Waals surface area (Å²) < 4.78 is 0. The van der Waals surface area contributed by atoms with E-state index in [2.05, 4.69) is 24.1 Å². The van der Waals surface area contributed by atoms with Gasteiger partial charge in [0.15, 0.2) is 0 Å². The predicted molar refractivity (Wildman–Crippen MR) is 59.6 cm³/mol. The Bertz CT molecular complexity index is 382. The Balaban J connectivity index is 2.36. The second-order valence-electron chi connectivity index (χ2n) is 3.45. The summed E-state index contributed by atoms with van der Waals surface area (Å²) in [5.74, 6) is 0.211. The first-order valence-corrected chi connectivity index (χ1v) is 5.13. The number of halogens is 1. The number of hydrogen-bond acceptors (Lipinski definition) is 1. The maximum Gasteiger partial charge on any atom is 0.0637 e. The molecule has 1 nitrogen and oxygen atoms in total. The van der Waals surface area contributed by atoms with Crippen molar-refractivity contribution in [1.82, 2.24) is 4.98 Å². The average molecular weight is 206 g/mol. The summed E-state index contributed by atoms with van der Waals surface area (Å²) in [6.07, 6.45) is 9.93. The molecular formula is C12H12ClN. The van der Waals surface area contributed by atoms with Crippen molar-refractivity contribution in [2.45, 2.75) is 18.2 Å². The molecular weight excluding hydrogens is 194 g/mol. The van der Waals surface area contributed by atoms with E-state index in [0.29, 0.717) is 0 Å². The van der Waals surface area contributed by atoms with Crippen LogP contribution in [0, 0.1) is 6.92 Å². The number of allylic oxidation sites excluding steroid dienone is 4. The van der Waals surface area contributed by atoms with Crippen LogP contribution in [0.3, 0.4) is 0 Å². The van der Waals surface area contributed by atoms with Crippen LogP contribution in [0.1, 0.15) is 17.2 Å². The summed E-state index contributed by atoms with van der Waals surface area (Å²) in [5.41, 5.74) is 2.27. The molecule has 2 rings (SSSR count). The van der Waals surface area contributed by atoms with Crippen LogP contribution in [0.4, 0.5) is 0 Å². The Hall–Kier alpha value is -1.08. The van der Waals surface area contributed by atoms with Crippen molar-refractivity contribution < 1.29 is 0 Å². The molecule has 1 aromatic rings. The highest BCUT2D eigenvalue weighted by atomic mass is 35.5. The minimum atomic E-state index is 0.0219. The fraction of sp³-hybridized carbons (Fsp3) is 0.250. The number of aryl methyl sites for hydroxylation is 1. The van der Waals surface area contributed by atoms with Crippen LogP contribution in [-0.2, 0) is 0 Å². The van der Waals surface area contributed by atoms with Crippen molar-refractivity contribution in [3.63, 3.8) is 0 Å². The number of aromatic nitrogens is 1. The molecule has 0 amide bonds. The zero-order chi connectivity index (χ0) is 9.97. The normalized spacial score (nSPS) is 25.3. The standard InChI is InChI=1S/C12H12ClN/c1-9-5-4-8-14-12(9)10-6-2-3-7-11(10)13/h2-8,10-11H,1H3. The molecule has 0 spiro atoms. The first kappa shape index (κ1) is 9.47. The van der Waals surface area contributed by atoms with E-state index in [0.717, 1.165) is 5.69 Å². The minimum Gasteiger partial charge on any atom is -0.260 e. The van der Waals surface area contributed by atoms with Crippen molar-refractivity contribution >= 4 is 11.6 Å². The molecule has 0 aromatic carbocycles. The summed E-state index contributed by atoms with van der Waals surface area (Å²) in [6, 6.07) is 4.02. The summed E-state index contributed by atoms with van der Waals surface area (Å²) in [4.78, 5) is 4.38.